The Hall–Kier alpha value is -2.31. The van der Waals surface area contributed by atoms with Gasteiger partial charge in [0.05, 0.1) is 5.56 Å². The average molecular weight is 333 g/mol. The Labute approximate surface area is 137 Å². The molecule has 1 saturated heterocycles. The maximum atomic E-state index is 13.8. The van der Waals surface area contributed by atoms with Gasteiger partial charge in [-0.25, -0.2) is 8.78 Å². The van der Waals surface area contributed by atoms with E-state index in [1.807, 2.05) is 0 Å². The van der Waals surface area contributed by atoms with Crippen molar-refractivity contribution in [1.29, 1.82) is 0 Å². The minimum Gasteiger partial charge on any atom is -0.425 e. The third-order valence-electron chi connectivity index (χ3n) is 4.68. The molecule has 2 aliphatic rings. The van der Waals surface area contributed by atoms with Crippen molar-refractivity contribution in [2.75, 3.05) is 13.1 Å². The smallest absolute Gasteiger partial charge is 0.256 e. The molecule has 1 aliphatic heterocycles. The van der Waals surface area contributed by atoms with E-state index in [0.717, 1.165) is 30.9 Å². The fraction of sp³-hybridized carbons (Fsp3) is 0.471. The largest absolute Gasteiger partial charge is 0.425 e. The van der Waals surface area contributed by atoms with E-state index < -0.39 is 17.5 Å². The monoisotopic (exact) mass is 333 g/mol. The van der Waals surface area contributed by atoms with Crippen molar-refractivity contribution < 1.29 is 18.0 Å². The van der Waals surface area contributed by atoms with E-state index in [0.29, 0.717) is 37.7 Å². The number of nitrogens with zero attached hydrogens (tertiary/aromatic N) is 3. The lowest BCUT2D eigenvalue weighted by Crippen LogP contribution is -2.38. The zero-order valence-electron chi connectivity index (χ0n) is 13.0. The maximum Gasteiger partial charge on any atom is 0.256 e. The highest BCUT2D eigenvalue weighted by Gasteiger charge is 2.32. The van der Waals surface area contributed by atoms with E-state index in [2.05, 4.69) is 10.2 Å². The Bertz CT molecular complexity index is 765. The third-order valence-corrected chi connectivity index (χ3v) is 4.68. The molecule has 0 N–H and O–H groups in total. The van der Waals surface area contributed by atoms with Gasteiger partial charge in [-0.3, -0.25) is 4.79 Å². The standard InChI is InChI=1S/C17H17F2N3O2/c18-12-3-4-13(14(19)9-12)17(23)22-7-5-11(6-8-22)16-21-20-15(24-16)10-1-2-10/h3-4,9-11H,1-2,5-8H2. The summed E-state index contributed by atoms with van der Waals surface area (Å²) in [5.74, 6) is -0.01000. The molecular weight excluding hydrogens is 316 g/mol. The highest BCUT2D eigenvalue weighted by atomic mass is 19.1. The summed E-state index contributed by atoms with van der Waals surface area (Å²) in [7, 11) is 0. The number of aromatic nitrogens is 2. The van der Waals surface area contributed by atoms with Crippen molar-refractivity contribution in [3.8, 4) is 0 Å². The highest BCUT2D eigenvalue weighted by Crippen LogP contribution is 2.40. The minimum atomic E-state index is -0.826. The first-order valence-electron chi connectivity index (χ1n) is 8.19. The van der Waals surface area contributed by atoms with Crippen LogP contribution in [0.3, 0.4) is 0 Å². The molecule has 1 aromatic carbocycles. The van der Waals surface area contributed by atoms with Crippen LogP contribution < -0.4 is 0 Å². The Morgan fingerprint density at radius 3 is 2.25 bits per heavy atom. The molecule has 5 nitrogen and oxygen atoms in total. The van der Waals surface area contributed by atoms with Crippen LogP contribution in [0.25, 0.3) is 0 Å². The molecule has 2 fully saturated rings. The van der Waals surface area contributed by atoms with Gasteiger partial charge >= 0.3 is 0 Å². The molecule has 0 spiro atoms. The predicted octanol–water partition coefficient (Wildman–Crippen LogP) is 3.25. The van der Waals surface area contributed by atoms with Crippen LogP contribution in [0.5, 0.6) is 0 Å². The van der Waals surface area contributed by atoms with Gasteiger partial charge < -0.3 is 9.32 Å². The van der Waals surface area contributed by atoms with Crippen LogP contribution in [0.4, 0.5) is 8.78 Å². The minimum absolute atomic E-state index is 0.0938. The van der Waals surface area contributed by atoms with E-state index in [1.54, 1.807) is 4.90 Å². The molecule has 4 rings (SSSR count). The summed E-state index contributed by atoms with van der Waals surface area (Å²) in [6.45, 7) is 0.975. The van der Waals surface area contributed by atoms with E-state index >= 15 is 0 Å². The van der Waals surface area contributed by atoms with Crippen molar-refractivity contribution in [2.24, 2.45) is 0 Å². The number of hydrogen-bond donors (Lipinski definition) is 0. The van der Waals surface area contributed by atoms with Crippen LogP contribution in [-0.4, -0.2) is 34.1 Å². The first kappa shape index (κ1) is 15.2. The molecule has 2 aromatic rings. The maximum absolute atomic E-state index is 13.8. The molecule has 1 aromatic heterocycles. The summed E-state index contributed by atoms with van der Waals surface area (Å²) >= 11 is 0. The first-order valence-corrected chi connectivity index (χ1v) is 8.19. The molecule has 7 heteroatoms. The van der Waals surface area contributed by atoms with Gasteiger partial charge in [-0.05, 0) is 37.8 Å². The van der Waals surface area contributed by atoms with Gasteiger partial charge in [-0.2, -0.15) is 0 Å². The number of hydrogen-bond acceptors (Lipinski definition) is 4. The van der Waals surface area contributed by atoms with E-state index in [-0.39, 0.29) is 11.5 Å². The molecule has 1 saturated carbocycles. The highest BCUT2D eigenvalue weighted by molar-refractivity contribution is 5.94. The molecule has 0 bridgehead atoms. The molecule has 0 atom stereocenters. The van der Waals surface area contributed by atoms with Gasteiger partial charge in [0.25, 0.3) is 5.91 Å². The molecule has 2 heterocycles. The predicted molar refractivity (Wildman–Crippen MR) is 80.5 cm³/mol. The lowest BCUT2D eigenvalue weighted by molar-refractivity contribution is 0.0701. The number of rotatable bonds is 3. The molecule has 24 heavy (non-hydrogen) atoms. The molecule has 126 valence electrons. The number of halogens is 2. The Morgan fingerprint density at radius 1 is 1.04 bits per heavy atom. The number of piperidine rings is 1. The summed E-state index contributed by atoms with van der Waals surface area (Å²) in [6.07, 6.45) is 3.61. The van der Waals surface area contributed by atoms with Crippen molar-refractivity contribution >= 4 is 5.91 Å². The summed E-state index contributed by atoms with van der Waals surface area (Å²) in [6, 6.07) is 3.03. The fourth-order valence-electron chi connectivity index (χ4n) is 3.07. The second-order valence-corrected chi connectivity index (χ2v) is 6.44. The Kier molecular flexibility index (Phi) is 3.78. The van der Waals surface area contributed by atoms with E-state index in [4.69, 9.17) is 4.42 Å². The van der Waals surface area contributed by atoms with Gasteiger partial charge in [-0.1, -0.05) is 0 Å². The summed E-state index contributed by atoms with van der Waals surface area (Å²) in [4.78, 5) is 14.0. The lowest BCUT2D eigenvalue weighted by atomic mass is 9.96. The Balaban J connectivity index is 1.40. The number of benzene rings is 1. The normalized spacial score (nSPS) is 18.8. The van der Waals surface area contributed by atoms with Gasteiger partial charge in [0.1, 0.15) is 11.6 Å². The van der Waals surface area contributed by atoms with Crippen LogP contribution in [0.2, 0.25) is 0 Å². The van der Waals surface area contributed by atoms with Crippen LogP contribution in [0.15, 0.2) is 22.6 Å². The summed E-state index contributed by atoms with van der Waals surface area (Å²) in [5, 5.41) is 8.22. The summed E-state index contributed by atoms with van der Waals surface area (Å²) in [5.41, 5.74) is -0.0938. The first-order chi connectivity index (χ1) is 11.6. The van der Waals surface area contributed by atoms with Crippen molar-refractivity contribution in [1.82, 2.24) is 15.1 Å². The molecule has 1 aliphatic carbocycles. The molecular formula is C17H17F2N3O2. The second kappa shape index (κ2) is 5.96. The van der Waals surface area contributed by atoms with Gasteiger partial charge in [0.15, 0.2) is 0 Å². The number of carbonyl (C=O) groups is 1. The zero-order chi connectivity index (χ0) is 16.7. The quantitative estimate of drug-likeness (QED) is 0.865. The van der Waals surface area contributed by atoms with Crippen molar-refractivity contribution in [3.63, 3.8) is 0 Å². The molecule has 1 amide bonds. The Morgan fingerprint density at radius 2 is 1.67 bits per heavy atom. The van der Waals surface area contributed by atoms with Gasteiger partial charge in [0, 0.05) is 31.0 Å². The van der Waals surface area contributed by atoms with Crippen LogP contribution >= 0.6 is 0 Å². The van der Waals surface area contributed by atoms with Crippen LogP contribution in [-0.2, 0) is 0 Å². The summed E-state index contributed by atoms with van der Waals surface area (Å²) < 4.78 is 32.5. The lowest BCUT2D eigenvalue weighted by Gasteiger charge is -2.30. The van der Waals surface area contributed by atoms with Gasteiger partial charge in [-0.15, -0.1) is 10.2 Å². The van der Waals surface area contributed by atoms with Crippen molar-refractivity contribution in [2.45, 2.75) is 37.5 Å². The molecule has 0 unspecified atom stereocenters. The topological polar surface area (TPSA) is 59.2 Å². The van der Waals surface area contributed by atoms with Crippen LogP contribution in [0, 0.1) is 11.6 Å². The fourth-order valence-corrected chi connectivity index (χ4v) is 3.07. The van der Waals surface area contributed by atoms with E-state index in [9.17, 15) is 13.6 Å². The number of carbonyl (C=O) groups excluding carboxylic acids is 1. The average Bonchev–Trinajstić information content (AvgIpc) is 3.32. The SMILES string of the molecule is O=C(c1ccc(F)cc1F)N1CCC(c2nnc(C3CC3)o2)CC1. The van der Waals surface area contributed by atoms with Crippen molar-refractivity contribution in [3.05, 3.63) is 47.2 Å². The zero-order valence-corrected chi connectivity index (χ0v) is 13.0. The number of likely N-dealkylation sites (tertiary alicyclic amines) is 1. The van der Waals surface area contributed by atoms with Crippen LogP contribution in [0.1, 0.15) is 59.7 Å². The van der Waals surface area contributed by atoms with Gasteiger partial charge in [0.2, 0.25) is 11.8 Å². The third kappa shape index (κ3) is 2.90. The van der Waals surface area contributed by atoms with E-state index in [1.165, 1.54) is 6.07 Å². The molecule has 0 radical (unpaired) electrons. The number of amides is 1. The second-order valence-electron chi connectivity index (χ2n) is 6.44.